The maximum absolute atomic E-state index is 11.3. The molecule has 1 saturated heterocycles. The van der Waals surface area contributed by atoms with Crippen LogP contribution in [0.4, 0.5) is 11.4 Å². The van der Waals surface area contributed by atoms with Crippen molar-refractivity contribution in [2.24, 2.45) is 0 Å². The van der Waals surface area contributed by atoms with Crippen LogP contribution in [0.25, 0.3) is 0 Å². The number of hydrogen-bond donors (Lipinski definition) is 1. The van der Waals surface area contributed by atoms with E-state index in [9.17, 15) is 15.2 Å². The number of aliphatic hydroxyl groups is 1. The molecule has 114 valence electrons. The molecule has 1 saturated carbocycles. The third-order valence-corrected chi connectivity index (χ3v) is 4.40. The Bertz CT molecular complexity index is 535. The Morgan fingerprint density at radius 1 is 1.29 bits per heavy atom. The van der Waals surface area contributed by atoms with Crippen molar-refractivity contribution in [2.45, 2.75) is 31.9 Å². The monoisotopic (exact) mass is 291 g/mol. The van der Waals surface area contributed by atoms with E-state index in [0.29, 0.717) is 11.3 Å². The molecule has 6 heteroatoms. The number of anilines is 1. The van der Waals surface area contributed by atoms with Gasteiger partial charge in [0.1, 0.15) is 5.69 Å². The average molecular weight is 291 g/mol. The standard InChI is InChI=1S/C15H21N3O3/c1-11(19)12-2-5-14(15(10-12)18(20)21)17-8-6-16(7-9-17)13-3-4-13/h2,5,10-11,13,19H,3-4,6-9H2,1H3/t11-/m0/s1. The van der Waals surface area contributed by atoms with Gasteiger partial charge in [0.25, 0.3) is 5.69 Å². The van der Waals surface area contributed by atoms with E-state index in [1.54, 1.807) is 19.1 Å². The summed E-state index contributed by atoms with van der Waals surface area (Å²) in [6.07, 6.45) is 1.90. The minimum atomic E-state index is -0.690. The van der Waals surface area contributed by atoms with Crippen LogP contribution in [-0.4, -0.2) is 47.2 Å². The van der Waals surface area contributed by atoms with Crippen LogP contribution in [-0.2, 0) is 0 Å². The lowest BCUT2D eigenvalue weighted by Crippen LogP contribution is -2.47. The van der Waals surface area contributed by atoms with Crippen LogP contribution in [0.2, 0.25) is 0 Å². The molecular weight excluding hydrogens is 270 g/mol. The molecule has 0 spiro atoms. The molecule has 6 nitrogen and oxygen atoms in total. The third kappa shape index (κ3) is 3.01. The lowest BCUT2D eigenvalue weighted by atomic mass is 10.1. The number of nitrogens with zero attached hydrogens (tertiary/aromatic N) is 3. The van der Waals surface area contributed by atoms with Gasteiger partial charge >= 0.3 is 0 Å². The minimum Gasteiger partial charge on any atom is -0.389 e. The summed E-state index contributed by atoms with van der Waals surface area (Å²) in [4.78, 5) is 15.5. The normalized spacial score (nSPS) is 21.3. The Hall–Kier alpha value is -1.66. The van der Waals surface area contributed by atoms with E-state index in [0.717, 1.165) is 32.2 Å². The van der Waals surface area contributed by atoms with Crippen LogP contribution in [0.5, 0.6) is 0 Å². The van der Waals surface area contributed by atoms with Crippen molar-refractivity contribution < 1.29 is 10.0 Å². The van der Waals surface area contributed by atoms with Crippen LogP contribution >= 0.6 is 0 Å². The van der Waals surface area contributed by atoms with E-state index < -0.39 is 6.10 Å². The molecule has 1 heterocycles. The van der Waals surface area contributed by atoms with Crippen LogP contribution in [0.1, 0.15) is 31.4 Å². The van der Waals surface area contributed by atoms with E-state index >= 15 is 0 Å². The molecule has 1 aromatic carbocycles. The molecule has 0 amide bonds. The lowest BCUT2D eigenvalue weighted by Gasteiger charge is -2.36. The predicted molar refractivity (Wildman–Crippen MR) is 80.5 cm³/mol. The van der Waals surface area contributed by atoms with Gasteiger partial charge in [-0.3, -0.25) is 15.0 Å². The third-order valence-electron chi connectivity index (χ3n) is 4.40. The Balaban J connectivity index is 1.79. The summed E-state index contributed by atoms with van der Waals surface area (Å²) in [6, 6.07) is 5.79. The van der Waals surface area contributed by atoms with Gasteiger partial charge in [-0.05, 0) is 31.4 Å². The highest BCUT2D eigenvalue weighted by atomic mass is 16.6. The van der Waals surface area contributed by atoms with Gasteiger partial charge in [-0.1, -0.05) is 6.07 Å². The molecule has 3 rings (SSSR count). The number of hydrogen-bond acceptors (Lipinski definition) is 5. The quantitative estimate of drug-likeness (QED) is 0.678. The van der Waals surface area contributed by atoms with Crippen molar-refractivity contribution in [3.05, 3.63) is 33.9 Å². The Kier molecular flexibility index (Phi) is 3.82. The smallest absolute Gasteiger partial charge is 0.292 e. The van der Waals surface area contributed by atoms with Crippen molar-refractivity contribution in [3.8, 4) is 0 Å². The molecule has 0 aromatic heterocycles. The highest BCUT2D eigenvalue weighted by Crippen LogP contribution is 2.33. The first-order chi connectivity index (χ1) is 10.1. The van der Waals surface area contributed by atoms with Crippen molar-refractivity contribution in [1.82, 2.24) is 4.90 Å². The molecule has 0 bridgehead atoms. The molecular formula is C15H21N3O3. The largest absolute Gasteiger partial charge is 0.389 e. The maximum Gasteiger partial charge on any atom is 0.292 e. The summed E-state index contributed by atoms with van der Waals surface area (Å²) < 4.78 is 0. The summed E-state index contributed by atoms with van der Waals surface area (Å²) in [6.45, 7) is 5.21. The van der Waals surface area contributed by atoms with Gasteiger partial charge < -0.3 is 10.0 Å². The number of nitro groups is 1. The fourth-order valence-corrected chi connectivity index (χ4v) is 2.98. The van der Waals surface area contributed by atoms with Crippen LogP contribution in [0, 0.1) is 10.1 Å². The highest BCUT2D eigenvalue weighted by molar-refractivity contribution is 5.64. The second kappa shape index (κ2) is 5.61. The second-order valence-corrected chi connectivity index (χ2v) is 5.94. The average Bonchev–Trinajstić information content (AvgIpc) is 3.31. The van der Waals surface area contributed by atoms with Gasteiger partial charge in [0, 0.05) is 38.3 Å². The summed E-state index contributed by atoms with van der Waals surface area (Å²) >= 11 is 0. The Morgan fingerprint density at radius 3 is 2.48 bits per heavy atom. The van der Waals surface area contributed by atoms with E-state index in [2.05, 4.69) is 9.80 Å². The van der Waals surface area contributed by atoms with E-state index in [-0.39, 0.29) is 10.6 Å². The minimum absolute atomic E-state index is 0.0910. The fourth-order valence-electron chi connectivity index (χ4n) is 2.98. The number of piperazine rings is 1. The number of aliphatic hydroxyl groups excluding tert-OH is 1. The zero-order valence-electron chi connectivity index (χ0n) is 12.2. The predicted octanol–water partition coefficient (Wildman–Crippen LogP) is 1.93. The van der Waals surface area contributed by atoms with Crippen LogP contribution < -0.4 is 4.90 Å². The number of rotatable bonds is 4. The zero-order valence-corrected chi connectivity index (χ0v) is 12.2. The first kappa shape index (κ1) is 14.3. The Morgan fingerprint density at radius 2 is 1.95 bits per heavy atom. The molecule has 1 atom stereocenters. The van der Waals surface area contributed by atoms with Crippen molar-refractivity contribution >= 4 is 11.4 Å². The van der Waals surface area contributed by atoms with Crippen molar-refractivity contribution in [1.29, 1.82) is 0 Å². The van der Waals surface area contributed by atoms with E-state index in [1.165, 1.54) is 18.9 Å². The summed E-state index contributed by atoms with van der Waals surface area (Å²) in [5.41, 5.74) is 1.34. The van der Waals surface area contributed by atoms with Gasteiger partial charge in [-0.15, -0.1) is 0 Å². The van der Waals surface area contributed by atoms with Gasteiger partial charge in [0.05, 0.1) is 11.0 Å². The van der Waals surface area contributed by atoms with Gasteiger partial charge in [-0.25, -0.2) is 0 Å². The summed E-state index contributed by atoms with van der Waals surface area (Å²) in [7, 11) is 0. The van der Waals surface area contributed by atoms with Crippen LogP contribution in [0.15, 0.2) is 18.2 Å². The van der Waals surface area contributed by atoms with Gasteiger partial charge in [0.2, 0.25) is 0 Å². The van der Waals surface area contributed by atoms with Gasteiger partial charge in [-0.2, -0.15) is 0 Å². The number of benzene rings is 1. The topological polar surface area (TPSA) is 69.8 Å². The second-order valence-electron chi connectivity index (χ2n) is 5.94. The molecule has 1 aromatic rings. The summed E-state index contributed by atoms with van der Waals surface area (Å²) in [5, 5.41) is 20.9. The highest BCUT2D eigenvalue weighted by Gasteiger charge is 2.32. The molecule has 21 heavy (non-hydrogen) atoms. The fraction of sp³-hybridized carbons (Fsp3) is 0.600. The molecule has 1 aliphatic carbocycles. The molecule has 2 aliphatic rings. The van der Waals surface area contributed by atoms with E-state index in [4.69, 9.17) is 0 Å². The zero-order chi connectivity index (χ0) is 15.0. The first-order valence-electron chi connectivity index (χ1n) is 7.51. The first-order valence-corrected chi connectivity index (χ1v) is 7.51. The van der Waals surface area contributed by atoms with Crippen molar-refractivity contribution in [3.63, 3.8) is 0 Å². The summed E-state index contributed by atoms with van der Waals surface area (Å²) in [5.74, 6) is 0. The van der Waals surface area contributed by atoms with Gasteiger partial charge in [0.15, 0.2) is 0 Å². The SMILES string of the molecule is C[C@H](O)c1ccc(N2CCN(C3CC3)CC2)c([N+](=O)[O-])c1. The number of nitro benzene ring substituents is 1. The van der Waals surface area contributed by atoms with E-state index in [1.807, 2.05) is 0 Å². The molecule has 1 aliphatic heterocycles. The lowest BCUT2D eigenvalue weighted by molar-refractivity contribution is -0.384. The van der Waals surface area contributed by atoms with Crippen molar-refractivity contribution in [2.75, 3.05) is 31.1 Å². The molecule has 0 radical (unpaired) electrons. The Labute approximate surface area is 124 Å². The van der Waals surface area contributed by atoms with Crippen LogP contribution in [0.3, 0.4) is 0 Å². The molecule has 0 unspecified atom stereocenters. The molecule has 2 fully saturated rings. The molecule has 1 N–H and O–H groups in total. The maximum atomic E-state index is 11.3.